The van der Waals surface area contributed by atoms with Crippen molar-refractivity contribution in [3.63, 3.8) is 0 Å². The number of para-hydroxylation sites is 1. The lowest BCUT2D eigenvalue weighted by Gasteiger charge is -2.25. The Hall–Kier alpha value is -3.62. The number of halogens is 3. The molecular weight excluding hydrogens is 385 g/mol. The second-order valence-electron chi connectivity index (χ2n) is 6.52. The van der Waals surface area contributed by atoms with Gasteiger partial charge in [-0.3, -0.25) is 9.59 Å². The van der Waals surface area contributed by atoms with E-state index in [-0.39, 0.29) is 12.1 Å². The molecule has 2 aromatic carbocycles. The average Bonchev–Trinajstić information content (AvgIpc) is 3.11. The van der Waals surface area contributed by atoms with E-state index in [1.807, 2.05) is 30.3 Å². The van der Waals surface area contributed by atoms with Crippen LogP contribution >= 0.6 is 0 Å². The third kappa shape index (κ3) is 3.58. The van der Waals surface area contributed by atoms with Gasteiger partial charge in [0.05, 0.1) is 23.9 Å². The number of carbonyl (C=O) groups is 2. The van der Waals surface area contributed by atoms with Crippen LogP contribution in [-0.2, 0) is 15.8 Å². The highest BCUT2D eigenvalue weighted by molar-refractivity contribution is 6.03. The number of hydrogen-bond acceptors (Lipinski definition) is 3. The first kappa shape index (κ1) is 18.7. The van der Waals surface area contributed by atoms with Gasteiger partial charge in [0.15, 0.2) is 0 Å². The minimum Gasteiger partial charge on any atom is -0.324 e. The summed E-state index contributed by atoms with van der Waals surface area (Å²) in [5.41, 5.74) is 0.0805. The van der Waals surface area contributed by atoms with Crippen LogP contribution in [0.3, 0.4) is 0 Å². The Balaban J connectivity index is 1.67. The third-order valence-electron chi connectivity index (χ3n) is 4.61. The molecule has 2 N–H and O–H groups in total. The molecule has 0 saturated carbocycles. The minimum absolute atomic E-state index is 0.233. The summed E-state index contributed by atoms with van der Waals surface area (Å²) >= 11 is 0. The van der Waals surface area contributed by atoms with E-state index in [2.05, 4.69) is 15.7 Å². The number of nitrogens with zero attached hydrogens (tertiary/aromatic N) is 2. The first-order valence-corrected chi connectivity index (χ1v) is 8.74. The molecule has 9 heteroatoms. The number of benzene rings is 2. The van der Waals surface area contributed by atoms with Gasteiger partial charge in [-0.1, -0.05) is 42.5 Å². The predicted molar refractivity (Wildman–Crippen MR) is 100 cm³/mol. The smallest absolute Gasteiger partial charge is 0.324 e. The molecular formula is C20H15F3N4O2. The Labute approximate surface area is 163 Å². The molecule has 2 amide bonds. The minimum atomic E-state index is -4.62. The van der Waals surface area contributed by atoms with Crippen LogP contribution in [0.4, 0.5) is 24.7 Å². The Morgan fingerprint density at radius 2 is 1.79 bits per heavy atom. The summed E-state index contributed by atoms with van der Waals surface area (Å²) in [6, 6.07) is 12.8. The zero-order chi connectivity index (χ0) is 20.6. The van der Waals surface area contributed by atoms with Crippen LogP contribution in [-0.4, -0.2) is 21.6 Å². The van der Waals surface area contributed by atoms with Gasteiger partial charge in [0.2, 0.25) is 11.8 Å². The van der Waals surface area contributed by atoms with Gasteiger partial charge in [0.1, 0.15) is 11.9 Å². The van der Waals surface area contributed by atoms with Crippen molar-refractivity contribution in [1.82, 2.24) is 9.78 Å². The highest BCUT2D eigenvalue weighted by Crippen LogP contribution is 2.37. The maximum absolute atomic E-state index is 13.2. The number of hydrogen-bond donors (Lipinski definition) is 2. The van der Waals surface area contributed by atoms with Crippen LogP contribution in [0.5, 0.6) is 0 Å². The SMILES string of the molecule is O=C1C[C@@H](C(=O)Nc2ccccc2C(F)(F)F)n2ncc(-c3ccccc3)c2N1. The summed E-state index contributed by atoms with van der Waals surface area (Å²) in [7, 11) is 0. The number of carbonyl (C=O) groups excluding carboxylic acids is 2. The number of aromatic nitrogens is 2. The van der Waals surface area contributed by atoms with Gasteiger partial charge in [0, 0.05) is 5.56 Å². The van der Waals surface area contributed by atoms with Crippen LogP contribution in [0.25, 0.3) is 11.1 Å². The molecule has 0 spiro atoms. The number of anilines is 2. The van der Waals surface area contributed by atoms with Crippen LogP contribution in [0.1, 0.15) is 18.0 Å². The molecule has 0 saturated heterocycles. The fraction of sp³-hybridized carbons (Fsp3) is 0.150. The fourth-order valence-electron chi connectivity index (χ4n) is 3.26. The topological polar surface area (TPSA) is 76.0 Å². The Kier molecular flexibility index (Phi) is 4.57. The van der Waals surface area contributed by atoms with Crippen LogP contribution in [0.2, 0.25) is 0 Å². The molecule has 2 heterocycles. The van der Waals surface area contributed by atoms with Gasteiger partial charge >= 0.3 is 6.18 Å². The summed E-state index contributed by atoms with van der Waals surface area (Å²) in [5, 5.41) is 9.19. The van der Waals surface area contributed by atoms with E-state index in [0.717, 1.165) is 11.6 Å². The summed E-state index contributed by atoms with van der Waals surface area (Å²) < 4.78 is 40.9. The highest BCUT2D eigenvalue weighted by Gasteiger charge is 2.36. The molecule has 1 atom stereocenters. The summed E-state index contributed by atoms with van der Waals surface area (Å²) in [4.78, 5) is 25.0. The molecule has 1 aliphatic rings. The number of fused-ring (bicyclic) bond motifs is 1. The number of amides is 2. The van der Waals surface area contributed by atoms with Gasteiger partial charge in [-0.25, -0.2) is 4.68 Å². The highest BCUT2D eigenvalue weighted by atomic mass is 19.4. The Morgan fingerprint density at radius 1 is 1.10 bits per heavy atom. The standard InChI is InChI=1S/C20H15F3N4O2/c21-20(22,23)14-8-4-5-9-15(14)25-19(29)16-10-17(28)26-18-13(11-24-27(16)18)12-6-2-1-3-7-12/h1-9,11,16H,10H2,(H,25,29)(H,26,28)/t16-/m0/s1. The molecule has 3 aromatic rings. The molecule has 148 valence electrons. The molecule has 29 heavy (non-hydrogen) atoms. The summed E-state index contributed by atoms with van der Waals surface area (Å²) in [5.74, 6) is -0.836. The van der Waals surface area contributed by atoms with E-state index >= 15 is 0 Å². The fourth-order valence-corrected chi connectivity index (χ4v) is 3.26. The largest absolute Gasteiger partial charge is 0.418 e. The summed E-state index contributed by atoms with van der Waals surface area (Å²) in [6.45, 7) is 0. The van der Waals surface area contributed by atoms with Crippen LogP contribution in [0, 0.1) is 0 Å². The van der Waals surface area contributed by atoms with Crippen molar-refractivity contribution < 1.29 is 22.8 Å². The number of nitrogens with one attached hydrogen (secondary N) is 2. The normalized spacial score (nSPS) is 16.1. The molecule has 0 aliphatic carbocycles. The summed E-state index contributed by atoms with van der Waals surface area (Å²) in [6.07, 6.45) is -3.34. The molecule has 0 radical (unpaired) electrons. The quantitative estimate of drug-likeness (QED) is 0.695. The predicted octanol–water partition coefficient (Wildman–Crippen LogP) is 4.09. The average molecular weight is 400 g/mol. The molecule has 0 fully saturated rings. The van der Waals surface area contributed by atoms with Gasteiger partial charge in [-0.05, 0) is 17.7 Å². The first-order valence-electron chi connectivity index (χ1n) is 8.74. The monoisotopic (exact) mass is 400 g/mol. The van der Waals surface area contributed by atoms with Gasteiger partial charge in [-0.15, -0.1) is 0 Å². The van der Waals surface area contributed by atoms with Gasteiger partial charge in [-0.2, -0.15) is 18.3 Å². The van der Waals surface area contributed by atoms with Gasteiger partial charge < -0.3 is 10.6 Å². The molecule has 1 aromatic heterocycles. The maximum atomic E-state index is 13.2. The maximum Gasteiger partial charge on any atom is 0.418 e. The van der Waals surface area contributed by atoms with Crippen molar-refractivity contribution >= 4 is 23.3 Å². The third-order valence-corrected chi connectivity index (χ3v) is 4.61. The van der Waals surface area contributed by atoms with Crippen LogP contribution < -0.4 is 10.6 Å². The second kappa shape index (κ2) is 7.08. The van der Waals surface area contributed by atoms with Crippen LogP contribution in [0.15, 0.2) is 60.8 Å². The first-order chi connectivity index (χ1) is 13.8. The zero-order valence-corrected chi connectivity index (χ0v) is 14.9. The Morgan fingerprint density at radius 3 is 2.52 bits per heavy atom. The van der Waals surface area contributed by atoms with E-state index in [1.165, 1.54) is 29.1 Å². The van der Waals surface area contributed by atoms with E-state index in [0.29, 0.717) is 11.4 Å². The van der Waals surface area contributed by atoms with E-state index in [1.54, 1.807) is 0 Å². The van der Waals surface area contributed by atoms with Crippen molar-refractivity contribution in [3.8, 4) is 11.1 Å². The van der Waals surface area contributed by atoms with E-state index < -0.39 is 29.6 Å². The van der Waals surface area contributed by atoms with E-state index in [9.17, 15) is 22.8 Å². The number of alkyl halides is 3. The van der Waals surface area contributed by atoms with Crippen molar-refractivity contribution in [1.29, 1.82) is 0 Å². The zero-order valence-electron chi connectivity index (χ0n) is 14.9. The lowest BCUT2D eigenvalue weighted by molar-refractivity contribution is -0.137. The lowest BCUT2D eigenvalue weighted by atomic mass is 10.1. The molecule has 0 unspecified atom stereocenters. The molecule has 6 nitrogen and oxygen atoms in total. The van der Waals surface area contributed by atoms with Crippen molar-refractivity contribution in [2.75, 3.05) is 10.6 Å². The second-order valence-corrected chi connectivity index (χ2v) is 6.52. The Bertz CT molecular complexity index is 1080. The molecule has 4 rings (SSSR count). The van der Waals surface area contributed by atoms with Crippen molar-refractivity contribution in [2.45, 2.75) is 18.6 Å². The molecule has 1 aliphatic heterocycles. The molecule has 0 bridgehead atoms. The lowest BCUT2D eigenvalue weighted by Crippen LogP contribution is -2.36. The number of rotatable bonds is 3. The van der Waals surface area contributed by atoms with Gasteiger partial charge in [0.25, 0.3) is 0 Å². The van der Waals surface area contributed by atoms with Crippen molar-refractivity contribution in [3.05, 3.63) is 66.4 Å². The van der Waals surface area contributed by atoms with E-state index in [4.69, 9.17) is 0 Å². The van der Waals surface area contributed by atoms with Crippen molar-refractivity contribution in [2.24, 2.45) is 0 Å².